The van der Waals surface area contributed by atoms with Crippen LogP contribution in [-0.4, -0.2) is 50.0 Å². The number of nitrogens with zero attached hydrogens (tertiary/aromatic N) is 4. The average molecular weight is 369 g/mol. The fraction of sp³-hybridized carbons (Fsp3) is 0.474. The number of rotatable bonds is 6. The first-order valence-corrected chi connectivity index (χ1v) is 9.29. The highest BCUT2D eigenvalue weighted by molar-refractivity contribution is 5.86. The Balaban J connectivity index is 1.55. The number of ether oxygens (including phenoxy) is 1. The molecule has 2 aromatic rings. The molecule has 3 heterocycles. The van der Waals surface area contributed by atoms with E-state index in [1.807, 2.05) is 34.7 Å². The summed E-state index contributed by atoms with van der Waals surface area (Å²) in [6.07, 6.45) is 8.13. The summed E-state index contributed by atoms with van der Waals surface area (Å²) in [5, 5.41) is 2.92. The molecule has 2 amide bonds. The summed E-state index contributed by atoms with van der Waals surface area (Å²) in [5.74, 6) is 0.472. The first-order valence-electron chi connectivity index (χ1n) is 9.29. The van der Waals surface area contributed by atoms with Crippen molar-refractivity contribution in [2.45, 2.75) is 51.0 Å². The van der Waals surface area contributed by atoms with Gasteiger partial charge in [0.25, 0.3) is 5.91 Å². The minimum absolute atomic E-state index is 0.0723. The van der Waals surface area contributed by atoms with Gasteiger partial charge in [-0.1, -0.05) is 6.07 Å². The Morgan fingerprint density at radius 1 is 1.37 bits per heavy atom. The van der Waals surface area contributed by atoms with Crippen LogP contribution in [0.15, 0.2) is 36.9 Å². The van der Waals surface area contributed by atoms with E-state index in [0.717, 1.165) is 30.8 Å². The fourth-order valence-electron chi connectivity index (χ4n) is 3.58. The lowest BCUT2D eigenvalue weighted by Crippen LogP contribution is -2.55. The highest BCUT2D eigenvalue weighted by atomic mass is 16.5. The molecule has 2 fully saturated rings. The number of morpholine rings is 1. The van der Waals surface area contributed by atoms with Gasteiger partial charge in [0.2, 0.25) is 5.91 Å². The van der Waals surface area contributed by atoms with Gasteiger partial charge in [-0.05, 0) is 31.4 Å². The van der Waals surface area contributed by atoms with Crippen molar-refractivity contribution in [3.05, 3.63) is 48.3 Å². The normalized spacial score (nSPS) is 22.7. The standard InChI is InChI=1S/C19H23N5O3/c1-2-23-9-8-21-15(23)11-22-19(26)18-17(13-4-3-7-20-10-13)24(14-5-6-14)16(25)12-27-18/h3-4,7-10,14,17-18H,2,5-6,11-12H2,1H3,(H,22,26)/t17-,18+/m1/s1. The van der Waals surface area contributed by atoms with Gasteiger partial charge in [-0.25, -0.2) is 4.98 Å². The molecule has 4 rings (SSSR count). The Kier molecular flexibility index (Phi) is 4.89. The zero-order valence-electron chi connectivity index (χ0n) is 15.2. The average Bonchev–Trinajstić information content (AvgIpc) is 3.43. The lowest BCUT2D eigenvalue weighted by atomic mass is 9.98. The molecule has 8 nitrogen and oxygen atoms in total. The van der Waals surface area contributed by atoms with Crippen LogP contribution in [0.5, 0.6) is 0 Å². The van der Waals surface area contributed by atoms with Crippen molar-refractivity contribution in [2.24, 2.45) is 0 Å². The number of nitrogens with one attached hydrogen (secondary N) is 1. The first-order chi connectivity index (χ1) is 13.2. The van der Waals surface area contributed by atoms with E-state index >= 15 is 0 Å². The number of hydrogen-bond acceptors (Lipinski definition) is 5. The predicted molar refractivity (Wildman–Crippen MR) is 96.3 cm³/mol. The molecule has 1 N–H and O–H groups in total. The van der Waals surface area contributed by atoms with Gasteiger partial charge in [-0.3, -0.25) is 14.6 Å². The van der Waals surface area contributed by atoms with Crippen molar-refractivity contribution in [3.63, 3.8) is 0 Å². The molecule has 0 unspecified atom stereocenters. The van der Waals surface area contributed by atoms with E-state index in [1.54, 1.807) is 18.6 Å². The smallest absolute Gasteiger partial charge is 0.252 e. The van der Waals surface area contributed by atoms with Gasteiger partial charge in [0, 0.05) is 37.4 Å². The number of carbonyl (C=O) groups is 2. The highest BCUT2D eigenvalue weighted by Gasteiger charge is 2.47. The number of aryl methyl sites for hydroxylation is 1. The minimum Gasteiger partial charge on any atom is -0.356 e. The van der Waals surface area contributed by atoms with Crippen molar-refractivity contribution in [1.82, 2.24) is 24.8 Å². The predicted octanol–water partition coefficient (Wildman–Crippen LogP) is 1.05. The van der Waals surface area contributed by atoms with Crippen molar-refractivity contribution < 1.29 is 14.3 Å². The molecule has 2 atom stereocenters. The van der Waals surface area contributed by atoms with E-state index in [-0.39, 0.29) is 24.5 Å². The van der Waals surface area contributed by atoms with Gasteiger partial charge >= 0.3 is 0 Å². The van der Waals surface area contributed by atoms with Crippen LogP contribution in [-0.2, 0) is 27.4 Å². The van der Waals surface area contributed by atoms with Gasteiger partial charge in [0.05, 0.1) is 12.6 Å². The topological polar surface area (TPSA) is 89.3 Å². The second-order valence-electron chi connectivity index (χ2n) is 6.84. The zero-order valence-corrected chi connectivity index (χ0v) is 15.2. The fourth-order valence-corrected chi connectivity index (χ4v) is 3.58. The van der Waals surface area contributed by atoms with Crippen LogP contribution in [0.25, 0.3) is 0 Å². The molecule has 0 bridgehead atoms. The van der Waals surface area contributed by atoms with Crippen molar-refractivity contribution in [3.8, 4) is 0 Å². The third kappa shape index (κ3) is 3.57. The Bertz CT molecular complexity index is 818. The third-order valence-electron chi connectivity index (χ3n) is 5.05. The second kappa shape index (κ2) is 7.48. The third-order valence-corrected chi connectivity index (χ3v) is 5.05. The summed E-state index contributed by atoms with van der Waals surface area (Å²) in [5.41, 5.74) is 0.813. The molecule has 0 aromatic carbocycles. The van der Waals surface area contributed by atoms with Crippen LogP contribution < -0.4 is 5.32 Å². The molecule has 2 aromatic heterocycles. The number of aromatic nitrogens is 3. The second-order valence-corrected chi connectivity index (χ2v) is 6.84. The van der Waals surface area contributed by atoms with Crippen LogP contribution in [0.1, 0.15) is 37.2 Å². The van der Waals surface area contributed by atoms with E-state index in [9.17, 15) is 9.59 Å². The summed E-state index contributed by atoms with van der Waals surface area (Å²) in [4.78, 5) is 35.7. The maximum Gasteiger partial charge on any atom is 0.252 e. The Labute approximate surface area is 157 Å². The molecule has 27 heavy (non-hydrogen) atoms. The Morgan fingerprint density at radius 3 is 2.93 bits per heavy atom. The van der Waals surface area contributed by atoms with E-state index in [4.69, 9.17) is 4.74 Å². The van der Waals surface area contributed by atoms with E-state index in [2.05, 4.69) is 15.3 Å². The Morgan fingerprint density at radius 2 is 2.22 bits per heavy atom. The molecule has 1 saturated carbocycles. The maximum atomic E-state index is 12.9. The summed E-state index contributed by atoms with van der Waals surface area (Å²) >= 11 is 0. The number of carbonyl (C=O) groups excluding carboxylic acids is 2. The summed E-state index contributed by atoms with van der Waals surface area (Å²) in [6, 6.07) is 3.42. The number of pyridine rings is 1. The van der Waals surface area contributed by atoms with Crippen molar-refractivity contribution in [2.75, 3.05) is 6.61 Å². The molecule has 1 aliphatic carbocycles. The quantitative estimate of drug-likeness (QED) is 0.822. The van der Waals surface area contributed by atoms with E-state index < -0.39 is 12.1 Å². The molecular formula is C19H23N5O3. The monoisotopic (exact) mass is 369 g/mol. The van der Waals surface area contributed by atoms with Crippen LogP contribution in [0.4, 0.5) is 0 Å². The summed E-state index contributed by atoms with van der Waals surface area (Å²) in [6.45, 7) is 3.05. The first kappa shape index (κ1) is 17.7. The number of hydrogen-bond donors (Lipinski definition) is 1. The minimum atomic E-state index is -0.766. The molecule has 8 heteroatoms. The van der Waals surface area contributed by atoms with Gasteiger partial charge in [-0.2, -0.15) is 0 Å². The molecule has 0 spiro atoms. The van der Waals surface area contributed by atoms with Gasteiger partial charge in [0.1, 0.15) is 12.4 Å². The maximum absolute atomic E-state index is 12.9. The molecule has 2 aliphatic rings. The van der Waals surface area contributed by atoms with Crippen LogP contribution in [0, 0.1) is 0 Å². The molecule has 142 valence electrons. The molecule has 1 saturated heterocycles. The number of amides is 2. The van der Waals surface area contributed by atoms with E-state index in [0.29, 0.717) is 6.54 Å². The van der Waals surface area contributed by atoms with Gasteiger partial charge in [0.15, 0.2) is 6.10 Å². The highest BCUT2D eigenvalue weighted by Crippen LogP contribution is 2.39. The van der Waals surface area contributed by atoms with Crippen molar-refractivity contribution in [1.29, 1.82) is 0 Å². The van der Waals surface area contributed by atoms with Crippen molar-refractivity contribution >= 4 is 11.8 Å². The van der Waals surface area contributed by atoms with Crippen LogP contribution >= 0.6 is 0 Å². The van der Waals surface area contributed by atoms with Crippen LogP contribution in [0.2, 0.25) is 0 Å². The van der Waals surface area contributed by atoms with E-state index in [1.165, 1.54) is 0 Å². The van der Waals surface area contributed by atoms with Crippen LogP contribution in [0.3, 0.4) is 0 Å². The largest absolute Gasteiger partial charge is 0.356 e. The number of imidazole rings is 1. The summed E-state index contributed by atoms with van der Waals surface area (Å²) in [7, 11) is 0. The summed E-state index contributed by atoms with van der Waals surface area (Å²) < 4.78 is 7.67. The molecular weight excluding hydrogens is 346 g/mol. The molecule has 1 aliphatic heterocycles. The SMILES string of the molecule is CCn1ccnc1CNC(=O)[C@H]1OCC(=O)N(C2CC2)[C@@H]1c1cccnc1. The Hall–Kier alpha value is -2.74. The molecule has 0 radical (unpaired) electrons. The van der Waals surface area contributed by atoms with Gasteiger partial charge in [-0.15, -0.1) is 0 Å². The lowest BCUT2D eigenvalue weighted by Gasteiger charge is -2.40. The lowest BCUT2D eigenvalue weighted by molar-refractivity contribution is -0.165. The zero-order chi connectivity index (χ0) is 18.8. The van der Waals surface area contributed by atoms with Gasteiger partial charge < -0.3 is 19.5 Å².